The molecule has 0 aromatic rings. The molecule has 0 aliphatic rings. The van der Waals surface area contributed by atoms with Gasteiger partial charge >= 0.3 is 11.9 Å². The van der Waals surface area contributed by atoms with Crippen LogP contribution in [0.5, 0.6) is 0 Å². The topological polar surface area (TPSA) is 52.6 Å². The normalized spacial score (nSPS) is 16.4. The summed E-state index contributed by atoms with van der Waals surface area (Å²) in [4.78, 5) is 24.9. The maximum atomic E-state index is 12.5. The average molecular weight is 397 g/mol. The van der Waals surface area contributed by atoms with Gasteiger partial charge in [-0.2, -0.15) is 0 Å². The van der Waals surface area contributed by atoms with Crippen LogP contribution in [-0.2, 0) is 19.1 Å². The molecular weight excluding hydrogens is 352 g/mol. The van der Waals surface area contributed by atoms with E-state index in [0.717, 1.165) is 32.1 Å². The molecule has 0 aromatic carbocycles. The van der Waals surface area contributed by atoms with Crippen LogP contribution >= 0.6 is 0 Å². The zero-order valence-corrected chi connectivity index (χ0v) is 19.6. The summed E-state index contributed by atoms with van der Waals surface area (Å²) < 4.78 is 10.8. The third kappa shape index (κ3) is 10.9. The third-order valence-electron chi connectivity index (χ3n) is 5.35. The molecule has 0 saturated carbocycles. The number of allylic oxidation sites excluding steroid dienone is 2. The summed E-state index contributed by atoms with van der Waals surface area (Å²) in [6.07, 6.45) is 9.22. The molecule has 164 valence electrons. The van der Waals surface area contributed by atoms with E-state index in [1.165, 1.54) is 0 Å². The molecule has 0 fully saturated rings. The van der Waals surface area contributed by atoms with Crippen molar-refractivity contribution in [3.05, 3.63) is 12.2 Å². The zero-order chi connectivity index (χ0) is 21.8. The van der Waals surface area contributed by atoms with Gasteiger partial charge in [0.1, 0.15) is 0 Å². The van der Waals surface area contributed by atoms with Crippen molar-refractivity contribution in [2.45, 2.75) is 106 Å². The standard InChI is InChI=1S/C24H44O4/c1-9-14-19(10-2)21(22(26)27-12-4)28-20(25)15-18-24(8,11-3)17-13-16-23(5,6)7/h13,17,19,21H,9-12,14-16,18H2,1-8H3/b17-13-. The van der Waals surface area contributed by atoms with Crippen LogP contribution in [0.25, 0.3) is 0 Å². The SMILES string of the molecule is CCCC(CC)C(OC(=O)CCC(C)(/C=C\CC(C)(C)C)CC)C(=O)OCC. The van der Waals surface area contributed by atoms with E-state index < -0.39 is 12.1 Å². The van der Waals surface area contributed by atoms with Gasteiger partial charge in [-0.1, -0.05) is 67.0 Å². The van der Waals surface area contributed by atoms with Crippen molar-refractivity contribution in [1.82, 2.24) is 0 Å². The van der Waals surface area contributed by atoms with E-state index in [1.807, 2.05) is 6.92 Å². The van der Waals surface area contributed by atoms with Crippen LogP contribution in [0.1, 0.15) is 100 Å². The molecule has 0 bridgehead atoms. The van der Waals surface area contributed by atoms with Crippen LogP contribution in [0.3, 0.4) is 0 Å². The summed E-state index contributed by atoms with van der Waals surface area (Å²) in [6, 6.07) is 0. The van der Waals surface area contributed by atoms with E-state index in [1.54, 1.807) is 6.92 Å². The van der Waals surface area contributed by atoms with Gasteiger partial charge in [0, 0.05) is 12.3 Å². The van der Waals surface area contributed by atoms with E-state index in [9.17, 15) is 9.59 Å². The first kappa shape index (κ1) is 26.7. The molecule has 0 rings (SSSR count). The second-order valence-corrected chi connectivity index (χ2v) is 9.29. The Morgan fingerprint density at radius 2 is 1.68 bits per heavy atom. The predicted molar refractivity (Wildman–Crippen MR) is 116 cm³/mol. The number of hydrogen-bond acceptors (Lipinski definition) is 4. The zero-order valence-electron chi connectivity index (χ0n) is 19.6. The van der Waals surface area contributed by atoms with Gasteiger partial charge in [0.15, 0.2) is 0 Å². The molecule has 0 amide bonds. The summed E-state index contributed by atoms with van der Waals surface area (Å²) in [7, 11) is 0. The van der Waals surface area contributed by atoms with E-state index >= 15 is 0 Å². The van der Waals surface area contributed by atoms with Gasteiger partial charge in [-0.25, -0.2) is 4.79 Å². The van der Waals surface area contributed by atoms with Gasteiger partial charge < -0.3 is 9.47 Å². The maximum absolute atomic E-state index is 12.5. The fourth-order valence-electron chi connectivity index (χ4n) is 3.16. The quantitative estimate of drug-likeness (QED) is 0.264. The molecule has 28 heavy (non-hydrogen) atoms. The Labute approximate surface area is 173 Å². The number of esters is 2. The minimum Gasteiger partial charge on any atom is -0.463 e. The van der Waals surface area contributed by atoms with Crippen molar-refractivity contribution in [3.63, 3.8) is 0 Å². The number of carbonyl (C=O) groups excluding carboxylic acids is 2. The number of carbonyl (C=O) groups is 2. The largest absolute Gasteiger partial charge is 0.463 e. The highest BCUT2D eigenvalue weighted by molar-refractivity contribution is 5.79. The average Bonchev–Trinajstić information content (AvgIpc) is 2.62. The predicted octanol–water partition coefficient (Wildman–Crippen LogP) is 6.48. The molecule has 0 aromatic heterocycles. The van der Waals surface area contributed by atoms with Crippen molar-refractivity contribution in [3.8, 4) is 0 Å². The monoisotopic (exact) mass is 396 g/mol. The summed E-state index contributed by atoms with van der Waals surface area (Å²) >= 11 is 0. The minimum absolute atomic E-state index is 0.0113. The molecule has 0 saturated heterocycles. The molecule has 4 nitrogen and oxygen atoms in total. The van der Waals surface area contributed by atoms with Crippen molar-refractivity contribution in [1.29, 1.82) is 0 Å². The Balaban J connectivity index is 4.96. The Hall–Kier alpha value is -1.32. The number of rotatable bonds is 13. The summed E-state index contributed by atoms with van der Waals surface area (Å²) in [5.74, 6) is -0.715. The van der Waals surface area contributed by atoms with Gasteiger partial charge in [0.25, 0.3) is 0 Å². The molecule has 0 heterocycles. The van der Waals surface area contributed by atoms with Gasteiger partial charge in [-0.15, -0.1) is 0 Å². The van der Waals surface area contributed by atoms with Crippen LogP contribution in [0.15, 0.2) is 12.2 Å². The molecule has 3 unspecified atom stereocenters. The summed E-state index contributed by atoms with van der Waals surface area (Å²) in [6.45, 7) is 17.1. The summed E-state index contributed by atoms with van der Waals surface area (Å²) in [5, 5.41) is 0. The fourth-order valence-corrected chi connectivity index (χ4v) is 3.16. The maximum Gasteiger partial charge on any atom is 0.347 e. The molecule has 0 aliphatic carbocycles. The molecule has 4 heteroatoms. The van der Waals surface area contributed by atoms with Crippen molar-refractivity contribution < 1.29 is 19.1 Å². The van der Waals surface area contributed by atoms with Gasteiger partial charge in [0.05, 0.1) is 6.61 Å². The third-order valence-corrected chi connectivity index (χ3v) is 5.35. The molecule has 0 aliphatic heterocycles. The van der Waals surface area contributed by atoms with E-state index in [0.29, 0.717) is 19.4 Å². The molecule has 0 spiro atoms. The first-order chi connectivity index (χ1) is 13.0. The second-order valence-electron chi connectivity index (χ2n) is 9.29. The van der Waals surface area contributed by atoms with E-state index in [4.69, 9.17) is 9.47 Å². The first-order valence-electron chi connectivity index (χ1n) is 11.1. The number of ether oxygens (including phenoxy) is 2. The van der Waals surface area contributed by atoms with Gasteiger partial charge in [-0.05, 0) is 49.9 Å². The van der Waals surface area contributed by atoms with Gasteiger partial charge in [0.2, 0.25) is 6.10 Å². The smallest absolute Gasteiger partial charge is 0.347 e. The Bertz CT molecular complexity index is 489. The lowest BCUT2D eigenvalue weighted by atomic mass is 9.81. The highest BCUT2D eigenvalue weighted by atomic mass is 16.6. The molecule has 0 N–H and O–H groups in total. The lowest BCUT2D eigenvalue weighted by molar-refractivity contribution is -0.172. The van der Waals surface area contributed by atoms with E-state index in [2.05, 4.69) is 53.7 Å². The lowest BCUT2D eigenvalue weighted by Gasteiger charge is -2.27. The second kappa shape index (κ2) is 13.0. The van der Waals surface area contributed by atoms with Crippen LogP contribution in [-0.4, -0.2) is 24.6 Å². The summed E-state index contributed by atoms with van der Waals surface area (Å²) in [5.41, 5.74) is 0.211. The van der Waals surface area contributed by atoms with Crippen LogP contribution in [0.4, 0.5) is 0 Å². The molecule has 3 atom stereocenters. The Morgan fingerprint density at radius 1 is 1.04 bits per heavy atom. The molecule has 0 radical (unpaired) electrons. The first-order valence-corrected chi connectivity index (χ1v) is 11.1. The van der Waals surface area contributed by atoms with Crippen molar-refractivity contribution >= 4 is 11.9 Å². The Kier molecular flexibility index (Phi) is 12.4. The van der Waals surface area contributed by atoms with Gasteiger partial charge in [-0.3, -0.25) is 4.79 Å². The lowest BCUT2D eigenvalue weighted by Crippen LogP contribution is -2.36. The van der Waals surface area contributed by atoms with Crippen LogP contribution in [0, 0.1) is 16.7 Å². The Morgan fingerprint density at radius 3 is 2.14 bits per heavy atom. The minimum atomic E-state index is -0.790. The van der Waals surface area contributed by atoms with Crippen molar-refractivity contribution in [2.24, 2.45) is 16.7 Å². The van der Waals surface area contributed by atoms with E-state index in [-0.39, 0.29) is 22.7 Å². The highest BCUT2D eigenvalue weighted by Gasteiger charge is 2.32. The highest BCUT2D eigenvalue weighted by Crippen LogP contribution is 2.31. The van der Waals surface area contributed by atoms with Crippen LogP contribution < -0.4 is 0 Å². The fraction of sp³-hybridized carbons (Fsp3) is 0.833. The van der Waals surface area contributed by atoms with Crippen molar-refractivity contribution in [2.75, 3.05) is 6.61 Å². The number of hydrogen-bond donors (Lipinski definition) is 0. The molecular formula is C24H44O4. The van der Waals surface area contributed by atoms with Crippen LogP contribution in [0.2, 0.25) is 0 Å².